The summed E-state index contributed by atoms with van der Waals surface area (Å²) in [6.45, 7) is 3.34. The van der Waals surface area contributed by atoms with Crippen LogP contribution in [0, 0.1) is 0 Å². The van der Waals surface area contributed by atoms with Gasteiger partial charge in [0.2, 0.25) is 0 Å². The van der Waals surface area contributed by atoms with Crippen LogP contribution in [-0.2, 0) is 14.3 Å². The fourth-order valence-corrected chi connectivity index (χ4v) is 2.17. The molecule has 0 unspecified atom stereocenters. The Balaban J connectivity index is 2.74. The molecule has 1 aliphatic rings. The summed E-state index contributed by atoms with van der Waals surface area (Å²) in [7, 11) is 1.47. The number of amides is 1. The van der Waals surface area contributed by atoms with Crippen molar-refractivity contribution in [3.05, 3.63) is 0 Å². The third-order valence-electron chi connectivity index (χ3n) is 3.49. The molecule has 0 aromatic rings. The fraction of sp³-hybridized carbons (Fsp3) is 0.833. The smallest absolute Gasteiger partial charge is 0.305 e. The first-order chi connectivity index (χ1) is 7.81. The molecule has 0 radical (unpaired) electrons. The van der Waals surface area contributed by atoms with Gasteiger partial charge in [0.05, 0.1) is 12.0 Å². The van der Waals surface area contributed by atoms with Gasteiger partial charge in [-0.1, -0.05) is 12.8 Å². The zero-order valence-electron chi connectivity index (χ0n) is 10.7. The van der Waals surface area contributed by atoms with E-state index in [0.29, 0.717) is 0 Å². The Morgan fingerprint density at radius 2 is 1.88 bits per heavy atom. The molecular weight excluding hydrogens is 222 g/mol. The Labute approximate surface area is 102 Å². The summed E-state index contributed by atoms with van der Waals surface area (Å²) in [5.41, 5.74) is -1.51. The van der Waals surface area contributed by atoms with Crippen molar-refractivity contribution in [3.63, 3.8) is 0 Å². The molecule has 1 fully saturated rings. The molecule has 98 valence electrons. The van der Waals surface area contributed by atoms with Crippen LogP contribution in [0.2, 0.25) is 0 Å². The highest BCUT2D eigenvalue weighted by molar-refractivity contribution is 5.85. The second kappa shape index (κ2) is 5.04. The molecule has 17 heavy (non-hydrogen) atoms. The van der Waals surface area contributed by atoms with Gasteiger partial charge in [0, 0.05) is 7.11 Å². The average Bonchev–Trinajstić information content (AvgIpc) is 2.65. The van der Waals surface area contributed by atoms with Crippen LogP contribution in [0.1, 0.15) is 46.0 Å². The van der Waals surface area contributed by atoms with Gasteiger partial charge < -0.3 is 15.2 Å². The molecule has 0 spiro atoms. The van der Waals surface area contributed by atoms with Crippen LogP contribution in [0.3, 0.4) is 0 Å². The van der Waals surface area contributed by atoms with Gasteiger partial charge in [-0.05, 0) is 26.7 Å². The molecule has 0 atom stereocenters. The zero-order valence-corrected chi connectivity index (χ0v) is 10.7. The van der Waals surface area contributed by atoms with Crippen molar-refractivity contribution in [2.24, 2.45) is 0 Å². The first kappa shape index (κ1) is 14.0. The Morgan fingerprint density at radius 1 is 1.35 bits per heavy atom. The topological polar surface area (TPSA) is 75.6 Å². The molecule has 1 aliphatic carbocycles. The van der Waals surface area contributed by atoms with Crippen molar-refractivity contribution in [2.75, 3.05) is 7.11 Å². The molecule has 5 heteroatoms. The first-order valence-electron chi connectivity index (χ1n) is 5.91. The van der Waals surface area contributed by atoms with Gasteiger partial charge in [-0.25, -0.2) is 0 Å². The molecule has 0 heterocycles. The number of ether oxygens (including phenoxy) is 1. The molecule has 1 amide bonds. The molecule has 0 aromatic heterocycles. The highest BCUT2D eigenvalue weighted by Gasteiger charge is 2.40. The lowest BCUT2D eigenvalue weighted by atomic mass is 9.92. The van der Waals surface area contributed by atoms with Crippen LogP contribution in [0.25, 0.3) is 0 Å². The lowest BCUT2D eigenvalue weighted by molar-refractivity contribution is -0.144. The quantitative estimate of drug-likeness (QED) is 0.763. The summed E-state index contributed by atoms with van der Waals surface area (Å²) in [6, 6.07) is 0. The highest BCUT2D eigenvalue weighted by Crippen LogP contribution is 2.33. The second-order valence-corrected chi connectivity index (χ2v) is 5.23. The van der Waals surface area contributed by atoms with Gasteiger partial charge in [0.1, 0.15) is 5.60 Å². The van der Waals surface area contributed by atoms with E-state index in [1.54, 1.807) is 13.8 Å². The predicted octanol–water partition coefficient (Wildman–Crippen LogP) is 1.32. The largest absolute Gasteiger partial charge is 0.481 e. The molecule has 2 N–H and O–H groups in total. The summed E-state index contributed by atoms with van der Waals surface area (Å²) < 4.78 is 5.10. The SMILES string of the molecule is COC(C)(C)C(=O)NC1(CC(=O)O)CCCC1. The van der Waals surface area contributed by atoms with Crippen LogP contribution < -0.4 is 5.32 Å². The van der Waals surface area contributed by atoms with Crippen molar-refractivity contribution in [1.29, 1.82) is 0 Å². The Bertz CT molecular complexity index is 306. The van der Waals surface area contributed by atoms with Crippen molar-refractivity contribution in [1.82, 2.24) is 5.32 Å². The molecule has 0 bridgehead atoms. The number of carboxylic acids is 1. The minimum atomic E-state index is -0.923. The van der Waals surface area contributed by atoms with E-state index < -0.39 is 17.1 Å². The number of aliphatic carboxylic acids is 1. The van der Waals surface area contributed by atoms with Gasteiger partial charge in [0.25, 0.3) is 5.91 Å². The summed E-state index contributed by atoms with van der Waals surface area (Å²) in [6.07, 6.45) is 3.36. The van der Waals surface area contributed by atoms with Gasteiger partial charge in [0.15, 0.2) is 0 Å². The lowest BCUT2D eigenvalue weighted by Gasteiger charge is -2.33. The van der Waals surface area contributed by atoms with Gasteiger partial charge in [-0.3, -0.25) is 9.59 Å². The Kier molecular flexibility index (Phi) is 4.14. The third-order valence-corrected chi connectivity index (χ3v) is 3.49. The van der Waals surface area contributed by atoms with E-state index in [0.717, 1.165) is 25.7 Å². The van der Waals surface area contributed by atoms with Gasteiger partial charge >= 0.3 is 5.97 Å². The maximum absolute atomic E-state index is 12.0. The maximum Gasteiger partial charge on any atom is 0.305 e. The minimum absolute atomic E-state index is 0.0153. The predicted molar refractivity (Wildman–Crippen MR) is 62.7 cm³/mol. The lowest BCUT2D eigenvalue weighted by Crippen LogP contribution is -2.54. The highest BCUT2D eigenvalue weighted by atomic mass is 16.5. The molecular formula is C12H21NO4. The van der Waals surface area contributed by atoms with Gasteiger partial charge in [-0.2, -0.15) is 0 Å². The molecule has 1 rings (SSSR count). The average molecular weight is 243 g/mol. The normalized spacial score (nSPS) is 19.0. The standard InChI is InChI=1S/C12H21NO4/c1-11(2,17-3)10(16)13-12(8-9(14)15)6-4-5-7-12/h4-8H2,1-3H3,(H,13,16)(H,14,15). The number of methoxy groups -OCH3 is 1. The van der Waals surface area contributed by atoms with Crippen LogP contribution in [0.15, 0.2) is 0 Å². The molecule has 0 saturated heterocycles. The summed E-state index contributed by atoms with van der Waals surface area (Å²) in [5.74, 6) is -1.12. The first-order valence-corrected chi connectivity index (χ1v) is 5.91. The van der Waals surface area contributed by atoms with E-state index in [2.05, 4.69) is 5.32 Å². The Morgan fingerprint density at radius 3 is 2.29 bits per heavy atom. The Hall–Kier alpha value is -1.10. The number of hydrogen-bond acceptors (Lipinski definition) is 3. The van der Waals surface area contributed by atoms with E-state index in [9.17, 15) is 9.59 Å². The van der Waals surface area contributed by atoms with Crippen molar-refractivity contribution >= 4 is 11.9 Å². The van der Waals surface area contributed by atoms with Crippen LogP contribution in [0.5, 0.6) is 0 Å². The van der Waals surface area contributed by atoms with Crippen molar-refractivity contribution in [3.8, 4) is 0 Å². The number of nitrogens with one attached hydrogen (secondary N) is 1. The monoisotopic (exact) mass is 243 g/mol. The number of carbonyl (C=O) groups is 2. The summed E-state index contributed by atoms with van der Waals surface area (Å²) >= 11 is 0. The van der Waals surface area contributed by atoms with Crippen molar-refractivity contribution in [2.45, 2.75) is 57.1 Å². The van der Waals surface area contributed by atoms with E-state index >= 15 is 0 Å². The number of hydrogen-bond donors (Lipinski definition) is 2. The maximum atomic E-state index is 12.0. The van der Waals surface area contributed by atoms with Gasteiger partial charge in [-0.15, -0.1) is 0 Å². The van der Waals surface area contributed by atoms with Crippen molar-refractivity contribution < 1.29 is 19.4 Å². The summed E-state index contributed by atoms with van der Waals surface area (Å²) in [5, 5.41) is 11.8. The van der Waals surface area contributed by atoms with Crippen LogP contribution >= 0.6 is 0 Å². The molecule has 0 aliphatic heterocycles. The molecule has 1 saturated carbocycles. The zero-order chi connectivity index (χ0) is 13.1. The van der Waals surface area contributed by atoms with E-state index in [4.69, 9.17) is 9.84 Å². The van der Waals surface area contributed by atoms with E-state index in [1.807, 2.05) is 0 Å². The molecule has 0 aromatic carbocycles. The number of rotatable bonds is 5. The van der Waals surface area contributed by atoms with E-state index in [-0.39, 0.29) is 12.3 Å². The minimum Gasteiger partial charge on any atom is -0.481 e. The third kappa shape index (κ3) is 3.43. The fourth-order valence-electron chi connectivity index (χ4n) is 2.17. The second-order valence-electron chi connectivity index (χ2n) is 5.23. The number of carboxylic acid groups (broad SMARTS) is 1. The van der Waals surface area contributed by atoms with Crippen LogP contribution in [0.4, 0.5) is 0 Å². The van der Waals surface area contributed by atoms with Crippen LogP contribution in [-0.4, -0.2) is 35.2 Å². The molecule has 5 nitrogen and oxygen atoms in total. The van der Waals surface area contributed by atoms with E-state index in [1.165, 1.54) is 7.11 Å². The number of carbonyl (C=O) groups excluding carboxylic acids is 1. The summed E-state index contributed by atoms with van der Waals surface area (Å²) in [4.78, 5) is 22.9.